The zero-order valence-corrected chi connectivity index (χ0v) is 21.5. The largest absolute Gasteiger partial charge is 0.372 e. The topological polar surface area (TPSA) is 9.72 Å². The Hall–Kier alpha value is -2.88. The van der Waals surface area contributed by atoms with Crippen LogP contribution in [0, 0.1) is 0 Å². The lowest BCUT2D eigenvalue weighted by atomic mass is 9.91. The van der Waals surface area contributed by atoms with E-state index < -0.39 is 0 Å². The van der Waals surface area contributed by atoms with Gasteiger partial charge in [0.05, 0.1) is 6.04 Å². The molecule has 3 heteroatoms. The number of piperazine rings is 1. The van der Waals surface area contributed by atoms with Crippen LogP contribution in [0.15, 0.2) is 84.4 Å². The van der Waals surface area contributed by atoms with Gasteiger partial charge in [-0.3, -0.25) is 9.80 Å². The molecule has 3 aliphatic rings. The first kappa shape index (κ1) is 23.5. The predicted molar refractivity (Wildman–Crippen MR) is 152 cm³/mol. The number of hydrogen-bond donors (Lipinski definition) is 0. The Kier molecular flexibility index (Phi) is 7.20. The summed E-state index contributed by atoms with van der Waals surface area (Å²) in [5.74, 6) is 0. The van der Waals surface area contributed by atoms with E-state index in [-0.39, 0.29) is 0 Å². The lowest BCUT2D eigenvalue weighted by Gasteiger charge is -2.40. The molecule has 2 fully saturated rings. The van der Waals surface area contributed by atoms with E-state index in [1.165, 1.54) is 67.6 Å². The summed E-state index contributed by atoms with van der Waals surface area (Å²) in [5.41, 5.74) is 8.82. The monoisotopic (exact) mass is 477 g/mol. The molecule has 0 bridgehead atoms. The number of anilines is 1. The molecule has 0 atom stereocenters. The third-order valence-corrected chi connectivity index (χ3v) is 8.35. The van der Waals surface area contributed by atoms with Crippen LogP contribution in [0.25, 0.3) is 6.08 Å². The average molecular weight is 478 g/mol. The summed E-state index contributed by atoms with van der Waals surface area (Å²) in [6.45, 7) is 8.04. The van der Waals surface area contributed by atoms with E-state index in [1.807, 2.05) is 0 Å². The Morgan fingerprint density at radius 3 is 1.97 bits per heavy atom. The van der Waals surface area contributed by atoms with Crippen LogP contribution in [0.2, 0.25) is 0 Å². The minimum Gasteiger partial charge on any atom is -0.372 e. The summed E-state index contributed by atoms with van der Waals surface area (Å²) < 4.78 is 0. The Morgan fingerprint density at radius 1 is 0.639 bits per heavy atom. The smallest absolute Gasteiger partial charge is 0.0602 e. The van der Waals surface area contributed by atoms with Gasteiger partial charge in [0.25, 0.3) is 0 Å². The molecule has 1 aliphatic carbocycles. The molecular weight excluding hydrogens is 438 g/mol. The van der Waals surface area contributed by atoms with E-state index in [1.54, 1.807) is 11.1 Å². The SMILES string of the molecule is C1=C(CN2CCN(C(c3ccccc3)c3ccccc3)CC2)CCc2cc(N3CCCCC3)ccc21. The van der Waals surface area contributed by atoms with E-state index in [0.29, 0.717) is 6.04 Å². The van der Waals surface area contributed by atoms with Crippen molar-refractivity contribution in [1.82, 2.24) is 9.80 Å². The number of rotatable bonds is 6. The molecule has 3 aromatic rings. The molecule has 0 amide bonds. The molecule has 2 saturated heterocycles. The number of benzene rings is 3. The predicted octanol–water partition coefficient (Wildman–Crippen LogP) is 6.41. The summed E-state index contributed by atoms with van der Waals surface area (Å²) in [4.78, 5) is 7.93. The molecule has 3 aromatic carbocycles. The molecule has 0 spiro atoms. The van der Waals surface area contributed by atoms with E-state index in [9.17, 15) is 0 Å². The van der Waals surface area contributed by atoms with Crippen LogP contribution in [0.4, 0.5) is 5.69 Å². The third kappa shape index (κ3) is 5.28. The molecule has 6 rings (SSSR count). The summed E-state index contributed by atoms with van der Waals surface area (Å²) >= 11 is 0. The van der Waals surface area contributed by atoms with Gasteiger partial charge in [-0.15, -0.1) is 0 Å². The Labute approximate surface area is 217 Å². The van der Waals surface area contributed by atoms with Crippen LogP contribution in [-0.4, -0.2) is 55.6 Å². The van der Waals surface area contributed by atoms with Crippen LogP contribution in [-0.2, 0) is 6.42 Å². The van der Waals surface area contributed by atoms with Crippen molar-refractivity contribution in [1.29, 1.82) is 0 Å². The number of nitrogens with zero attached hydrogens (tertiary/aromatic N) is 3. The van der Waals surface area contributed by atoms with Crippen molar-refractivity contribution in [3.63, 3.8) is 0 Å². The number of aryl methyl sites for hydroxylation is 1. The Morgan fingerprint density at radius 2 is 1.31 bits per heavy atom. The molecule has 2 heterocycles. The quantitative estimate of drug-likeness (QED) is 0.406. The Balaban J connectivity index is 1.10. The minimum atomic E-state index is 0.337. The molecule has 0 unspecified atom stereocenters. The molecule has 0 aromatic heterocycles. The summed E-state index contributed by atoms with van der Waals surface area (Å²) in [5, 5.41) is 0. The van der Waals surface area contributed by atoms with E-state index >= 15 is 0 Å². The van der Waals surface area contributed by atoms with Crippen molar-refractivity contribution in [3.8, 4) is 0 Å². The standard InChI is InChI=1S/C33H39N3/c1-4-10-28(11-5-1)33(29-12-6-2-7-13-29)36-22-20-34(21-23-36)26-27-14-15-31-25-32(17-16-30(31)24-27)35-18-8-3-9-19-35/h1-2,4-7,10-13,16-17,24-25,33H,3,8-9,14-15,18-23,26H2. The van der Waals surface area contributed by atoms with Crippen molar-refractivity contribution in [2.24, 2.45) is 0 Å². The second kappa shape index (κ2) is 11.0. The van der Waals surface area contributed by atoms with Crippen molar-refractivity contribution >= 4 is 11.8 Å². The summed E-state index contributed by atoms with van der Waals surface area (Å²) in [6, 6.07) is 29.6. The second-order valence-corrected chi connectivity index (χ2v) is 10.8. The highest BCUT2D eigenvalue weighted by atomic mass is 15.3. The molecule has 0 N–H and O–H groups in total. The fourth-order valence-corrected chi connectivity index (χ4v) is 6.36. The van der Waals surface area contributed by atoms with Crippen molar-refractivity contribution in [2.75, 3.05) is 50.7 Å². The van der Waals surface area contributed by atoms with Gasteiger partial charge in [0.2, 0.25) is 0 Å². The van der Waals surface area contributed by atoms with E-state index in [2.05, 4.69) is 99.6 Å². The van der Waals surface area contributed by atoms with Crippen molar-refractivity contribution < 1.29 is 0 Å². The highest BCUT2D eigenvalue weighted by molar-refractivity contribution is 5.64. The maximum absolute atomic E-state index is 2.67. The van der Waals surface area contributed by atoms with Crippen LogP contribution < -0.4 is 4.90 Å². The van der Waals surface area contributed by atoms with Gasteiger partial charge in [-0.1, -0.05) is 78.4 Å². The average Bonchev–Trinajstić information content (AvgIpc) is 2.95. The van der Waals surface area contributed by atoms with E-state index in [0.717, 1.165) is 32.7 Å². The second-order valence-electron chi connectivity index (χ2n) is 10.8. The van der Waals surface area contributed by atoms with Crippen LogP contribution in [0.3, 0.4) is 0 Å². The number of piperidine rings is 1. The van der Waals surface area contributed by atoms with E-state index in [4.69, 9.17) is 0 Å². The molecular formula is C33H39N3. The molecule has 2 aliphatic heterocycles. The maximum atomic E-state index is 2.67. The first-order valence-corrected chi connectivity index (χ1v) is 14.0. The molecule has 36 heavy (non-hydrogen) atoms. The highest BCUT2D eigenvalue weighted by Gasteiger charge is 2.27. The molecule has 186 valence electrons. The van der Waals surface area contributed by atoms with Gasteiger partial charge < -0.3 is 4.90 Å². The first-order chi connectivity index (χ1) is 17.8. The van der Waals surface area contributed by atoms with Crippen LogP contribution in [0.5, 0.6) is 0 Å². The lowest BCUT2D eigenvalue weighted by molar-refractivity contribution is 0.115. The molecule has 0 saturated carbocycles. The van der Waals surface area contributed by atoms with Gasteiger partial charge in [0, 0.05) is 51.5 Å². The van der Waals surface area contributed by atoms with Crippen molar-refractivity contribution in [3.05, 3.63) is 107 Å². The van der Waals surface area contributed by atoms with Gasteiger partial charge in [-0.25, -0.2) is 0 Å². The van der Waals surface area contributed by atoms with Crippen LogP contribution in [0.1, 0.15) is 54.0 Å². The fraction of sp³-hybridized carbons (Fsp3) is 0.394. The van der Waals surface area contributed by atoms with Gasteiger partial charge in [-0.2, -0.15) is 0 Å². The third-order valence-electron chi connectivity index (χ3n) is 8.35. The number of fused-ring (bicyclic) bond motifs is 1. The van der Waals surface area contributed by atoms with Gasteiger partial charge >= 0.3 is 0 Å². The summed E-state index contributed by atoms with van der Waals surface area (Å²) in [6.07, 6.45) is 8.95. The fourth-order valence-electron chi connectivity index (χ4n) is 6.36. The lowest BCUT2D eigenvalue weighted by Crippen LogP contribution is -2.48. The number of hydrogen-bond acceptors (Lipinski definition) is 3. The summed E-state index contributed by atoms with van der Waals surface area (Å²) in [7, 11) is 0. The van der Waals surface area contributed by atoms with Gasteiger partial charge in [-0.05, 0) is 66.5 Å². The normalized spacial score (nSPS) is 19.2. The first-order valence-electron chi connectivity index (χ1n) is 14.0. The molecule has 3 nitrogen and oxygen atoms in total. The maximum Gasteiger partial charge on any atom is 0.0602 e. The molecule has 0 radical (unpaired) electrons. The van der Waals surface area contributed by atoms with Crippen molar-refractivity contribution in [2.45, 2.75) is 38.1 Å². The zero-order chi connectivity index (χ0) is 24.2. The minimum absolute atomic E-state index is 0.337. The Bertz CT molecular complexity index is 1120. The zero-order valence-electron chi connectivity index (χ0n) is 21.5. The highest BCUT2D eigenvalue weighted by Crippen LogP contribution is 2.32. The van der Waals surface area contributed by atoms with Gasteiger partial charge in [0.15, 0.2) is 0 Å². The van der Waals surface area contributed by atoms with Crippen LogP contribution >= 0.6 is 0 Å². The van der Waals surface area contributed by atoms with Gasteiger partial charge in [0.1, 0.15) is 0 Å².